The highest BCUT2D eigenvalue weighted by atomic mass is 35.5. The molecule has 210 valence electrons. The summed E-state index contributed by atoms with van der Waals surface area (Å²) >= 11 is 6.88. The number of hydrogen-bond donors (Lipinski definition) is 1. The summed E-state index contributed by atoms with van der Waals surface area (Å²) in [4.78, 5) is 12.2. The number of methoxy groups -OCH3 is 1. The van der Waals surface area contributed by atoms with Crippen LogP contribution in [-0.4, -0.2) is 13.1 Å². The van der Waals surface area contributed by atoms with Gasteiger partial charge in [-0.2, -0.15) is 0 Å². The fourth-order valence-corrected chi connectivity index (χ4v) is 8.85. The van der Waals surface area contributed by atoms with Crippen molar-refractivity contribution in [1.29, 1.82) is 0 Å². The third kappa shape index (κ3) is 5.11. The first-order valence-electron chi connectivity index (χ1n) is 14.6. The van der Waals surface area contributed by atoms with Gasteiger partial charge in [0, 0.05) is 5.69 Å². The molecule has 0 heterocycles. The van der Waals surface area contributed by atoms with E-state index in [1.807, 2.05) is 43.3 Å². The van der Waals surface area contributed by atoms with Gasteiger partial charge in [-0.05, 0) is 121 Å². The lowest BCUT2D eigenvalue weighted by Crippen LogP contribution is -2.54. The van der Waals surface area contributed by atoms with Crippen LogP contribution in [0.15, 0.2) is 60.7 Å². The summed E-state index contributed by atoms with van der Waals surface area (Å²) in [6.07, 6.45) is 10.8. The molecule has 5 heteroatoms. The van der Waals surface area contributed by atoms with E-state index in [4.69, 9.17) is 21.1 Å². The van der Waals surface area contributed by atoms with Crippen LogP contribution in [0.1, 0.15) is 86.7 Å². The van der Waals surface area contributed by atoms with Crippen LogP contribution in [0, 0.1) is 23.7 Å². The van der Waals surface area contributed by atoms with Crippen molar-refractivity contribution in [3.05, 3.63) is 82.4 Å². The Balaban J connectivity index is 1.20. The number of benzene rings is 3. The molecule has 7 rings (SSSR count). The van der Waals surface area contributed by atoms with E-state index in [1.54, 1.807) is 6.07 Å². The highest BCUT2D eigenvalue weighted by Gasteiger charge is 2.58. The second kappa shape index (κ2) is 10.1. The molecular weight excluding hydrogens is 518 g/mol. The van der Waals surface area contributed by atoms with E-state index < -0.39 is 0 Å². The van der Waals surface area contributed by atoms with Crippen molar-refractivity contribution in [2.24, 2.45) is 16.7 Å². The monoisotopic (exact) mass is 557 g/mol. The number of nitrogens with one attached hydrogen (secondary N) is 1. The fraction of sp³-hybridized carbons (Fsp3) is 0.457. The van der Waals surface area contributed by atoms with E-state index in [0.29, 0.717) is 32.9 Å². The molecule has 4 aliphatic rings. The number of para-hydroxylation sites is 1. The summed E-state index contributed by atoms with van der Waals surface area (Å²) in [6, 6.07) is 19.7. The smallest absolute Gasteiger partial charge is 0.339 e. The minimum Gasteiger partial charge on any atom is -0.465 e. The first-order valence-corrected chi connectivity index (χ1v) is 15.0. The van der Waals surface area contributed by atoms with Crippen molar-refractivity contribution >= 4 is 28.9 Å². The Morgan fingerprint density at radius 3 is 2.45 bits per heavy atom. The van der Waals surface area contributed by atoms with Crippen molar-refractivity contribution < 1.29 is 14.3 Å². The molecule has 4 saturated carbocycles. The molecule has 3 aromatic carbocycles. The SMILES string of the molecule is COC(=O)c1ccccc1Nc1ccc(Oc2ccc(C34CC5(C)CCCC(C5)CC(C)(C3)C4)cc2Cl)cc1C. The van der Waals surface area contributed by atoms with Gasteiger partial charge >= 0.3 is 5.97 Å². The highest BCUT2D eigenvalue weighted by molar-refractivity contribution is 6.32. The van der Waals surface area contributed by atoms with Crippen molar-refractivity contribution in [3.63, 3.8) is 0 Å². The fourth-order valence-electron chi connectivity index (χ4n) is 8.63. The van der Waals surface area contributed by atoms with Crippen LogP contribution >= 0.6 is 11.6 Å². The average molecular weight is 558 g/mol. The molecule has 0 aliphatic heterocycles. The lowest BCUT2D eigenvalue weighted by atomic mass is 9.42. The standard InChI is InChI=1S/C35H40ClNO3/c1-23-16-26(12-13-29(23)37-30-10-6-5-9-27(30)32(38)39-4)40-31-14-11-25(17-28(31)36)35-20-33(2)15-7-8-24(18-33)19-34(3,21-35)22-35/h5-6,9-14,16-17,24,37H,7-8,15,18-22H2,1-4H3. The van der Waals surface area contributed by atoms with Crippen LogP contribution in [0.5, 0.6) is 11.5 Å². The van der Waals surface area contributed by atoms with Gasteiger partial charge in [0.1, 0.15) is 11.5 Å². The number of anilines is 2. The number of aryl methyl sites for hydroxylation is 1. The minimum absolute atomic E-state index is 0.235. The maximum atomic E-state index is 12.2. The number of halogens is 1. The summed E-state index contributed by atoms with van der Waals surface area (Å²) in [7, 11) is 1.39. The number of rotatable bonds is 6. The number of esters is 1. The van der Waals surface area contributed by atoms with Crippen molar-refractivity contribution in [2.75, 3.05) is 12.4 Å². The molecule has 40 heavy (non-hydrogen) atoms. The molecule has 4 bridgehead atoms. The summed E-state index contributed by atoms with van der Waals surface area (Å²) < 4.78 is 11.2. The third-order valence-corrected chi connectivity index (χ3v) is 10.1. The largest absolute Gasteiger partial charge is 0.465 e. The summed E-state index contributed by atoms with van der Waals surface area (Å²) in [5.41, 5.74) is 5.59. The summed E-state index contributed by atoms with van der Waals surface area (Å²) in [5.74, 6) is 1.94. The normalized spacial score (nSPS) is 29.0. The van der Waals surface area contributed by atoms with Crippen LogP contribution in [0.4, 0.5) is 11.4 Å². The predicted molar refractivity (Wildman–Crippen MR) is 162 cm³/mol. The molecule has 4 aliphatic carbocycles. The first kappa shape index (κ1) is 27.2. The number of hydrogen-bond acceptors (Lipinski definition) is 4. The maximum Gasteiger partial charge on any atom is 0.339 e. The van der Waals surface area contributed by atoms with Gasteiger partial charge in [0.25, 0.3) is 0 Å². The molecule has 0 amide bonds. The van der Waals surface area contributed by atoms with Crippen LogP contribution in [0.3, 0.4) is 0 Å². The van der Waals surface area contributed by atoms with E-state index in [2.05, 4.69) is 37.4 Å². The number of carbonyl (C=O) groups excluding carboxylic acids is 1. The second-order valence-corrected chi connectivity index (χ2v) is 13.9. The zero-order chi connectivity index (χ0) is 28.1. The lowest BCUT2D eigenvalue weighted by molar-refractivity contribution is -0.0660. The van der Waals surface area contributed by atoms with E-state index in [-0.39, 0.29) is 11.4 Å². The van der Waals surface area contributed by atoms with Gasteiger partial charge in [-0.15, -0.1) is 0 Å². The van der Waals surface area contributed by atoms with Crippen molar-refractivity contribution in [3.8, 4) is 11.5 Å². The van der Waals surface area contributed by atoms with E-state index >= 15 is 0 Å². The van der Waals surface area contributed by atoms with Gasteiger partial charge in [-0.25, -0.2) is 4.79 Å². The topological polar surface area (TPSA) is 47.6 Å². The van der Waals surface area contributed by atoms with Crippen LogP contribution in [-0.2, 0) is 10.2 Å². The lowest BCUT2D eigenvalue weighted by Gasteiger charge is -2.62. The Hall–Kier alpha value is -2.98. The zero-order valence-electron chi connectivity index (χ0n) is 24.1. The van der Waals surface area contributed by atoms with E-state index in [9.17, 15) is 4.79 Å². The molecule has 0 radical (unpaired) electrons. The first-order chi connectivity index (χ1) is 19.1. The van der Waals surface area contributed by atoms with Crippen LogP contribution < -0.4 is 10.1 Å². The van der Waals surface area contributed by atoms with Gasteiger partial charge in [-0.1, -0.05) is 56.5 Å². The molecule has 4 fully saturated rings. The summed E-state index contributed by atoms with van der Waals surface area (Å²) in [5, 5.41) is 4.03. The van der Waals surface area contributed by atoms with Gasteiger partial charge < -0.3 is 14.8 Å². The van der Waals surface area contributed by atoms with Crippen LogP contribution in [0.2, 0.25) is 5.02 Å². The predicted octanol–water partition coefficient (Wildman–Crippen LogP) is 10.00. The van der Waals surface area contributed by atoms with Gasteiger partial charge in [-0.3, -0.25) is 0 Å². The molecule has 0 spiro atoms. The minimum atomic E-state index is -0.374. The molecule has 3 aromatic rings. The van der Waals surface area contributed by atoms with Gasteiger partial charge in [0.15, 0.2) is 0 Å². The molecule has 4 nitrogen and oxygen atoms in total. The maximum absolute atomic E-state index is 12.2. The van der Waals surface area contributed by atoms with Crippen LogP contribution in [0.25, 0.3) is 0 Å². The molecule has 2 unspecified atom stereocenters. The highest BCUT2D eigenvalue weighted by Crippen LogP contribution is 2.67. The Bertz CT molecular complexity index is 1440. The zero-order valence-corrected chi connectivity index (χ0v) is 24.9. The van der Waals surface area contributed by atoms with E-state index in [1.165, 1.54) is 64.0 Å². The number of ether oxygens (including phenoxy) is 2. The van der Waals surface area contributed by atoms with Gasteiger partial charge in [0.2, 0.25) is 0 Å². The number of carbonyl (C=O) groups is 1. The molecule has 2 atom stereocenters. The quantitative estimate of drug-likeness (QED) is 0.306. The summed E-state index contributed by atoms with van der Waals surface area (Å²) in [6.45, 7) is 7.06. The van der Waals surface area contributed by atoms with E-state index in [0.717, 1.165) is 22.9 Å². The molecule has 0 aromatic heterocycles. The van der Waals surface area contributed by atoms with Gasteiger partial charge in [0.05, 0.1) is 23.4 Å². The molecule has 0 saturated heterocycles. The second-order valence-electron chi connectivity index (χ2n) is 13.5. The van der Waals surface area contributed by atoms with Crippen molar-refractivity contribution in [1.82, 2.24) is 0 Å². The molecule has 1 N–H and O–H groups in total. The average Bonchev–Trinajstić information content (AvgIpc) is 2.89. The molecular formula is C35H40ClNO3. The Morgan fingerprint density at radius 1 is 0.950 bits per heavy atom. The Labute approximate surface area is 243 Å². The Morgan fingerprint density at radius 2 is 1.70 bits per heavy atom. The Kier molecular flexibility index (Phi) is 6.89. The third-order valence-electron chi connectivity index (χ3n) is 9.82. The van der Waals surface area contributed by atoms with Crippen molar-refractivity contribution in [2.45, 2.75) is 77.6 Å².